The maximum Gasteiger partial charge on any atom is 0.338 e. The second-order valence-electron chi connectivity index (χ2n) is 5.77. The second kappa shape index (κ2) is 6.88. The predicted molar refractivity (Wildman–Crippen MR) is 86.6 cm³/mol. The summed E-state index contributed by atoms with van der Waals surface area (Å²) in [6.07, 6.45) is 1.53. The van der Waals surface area contributed by atoms with E-state index in [1.54, 1.807) is 24.3 Å². The third kappa shape index (κ3) is 3.19. The van der Waals surface area contributed by atoms with Crippen molar-refractivity contribution in [1.82, 2.24) is 4.90 Å². The van der Waals surface area contributed by atoms with Crippen LogP contribution in [0.1, 0.15) is 29.0 Å². The van der Waals surface area contributed by atoms with E-state index in [9.17, 15) is 14.7 Å². The van der Waals surface area contributed by atoms with Gasteiger partial charge >= 0.3 is 11.9 Å². The van der Waals surface area contributed by atoms with E-state index >= 15 is 0 Å². The zero-order chi connectivity index (χ0) is 17.1. The fraction of sp³-hybridized carbons (Fsp3) is 0.333. The maximum atomic E-state index is 11.9. The van der Waals surface area contributed by atoms with E-state index in [0.717, 1.165) is 13.0 Å². The molecule has 1 atom stereocenters. The van der Waals surface area contributed by atoms with Crippen molar-refractivity contribution in [3.63, 3.8) is 0 Å². The molecule has 1 aromatic carbocycles. The standard InChI is InChI=1S/C18H19NO5/c1-23-18(22)14-6-3-2-5-13(14)16-9-8-12(24-16)11-19-10-4-7-15(19)17(20)21/h2-3,5-6,8-9,15H,4,7,10-11H2,1H3,(H,20,21). The predicted octanol–water partition coefficient (Wildman–Crippen LogP) is 2.78. The summed E-state index contributed by atoms with van der Waals surface area (Å²) < 4.78 is 10.7. The molecule has 0 amide bonds. The van der Waals surface area contributed by atoms with Gasteiger partial charge in [0.15, 0.2) is 0 Å². The van der Waals surface area contributed by atoms with E-state index in [1.165, 1.54) is 7.11 Å². The minimum atomic E-state index is -0.796. The molecule has 0 spiro atoms. The van der Waals surface area contributed by atoms with Crippen LogP contribution in [0, 0.1) is 0 Å². The number of esters is 1. The third-order valence-electron chi connectivity index (χ3n) is 4.27. The van der Waals surface area contributed by atoms with Crippen molar-refractivity contribution in [2.24, 2.45) is 0 Å². The Balaban J connectivity index is 1.82. The van der Waals surface area contributed by atoms with Gasteiger partial charge in [0, 0.05) is 5.56 Å². The largest absolute Gasteiger partial charge is 0.480 e. The molecule has 6 nitrogen and oxygen atoms in total. The van der Waals surface area contributed by atoms with Crippen LogP contribution in [0.5, 0.6) is 0 Å². The van der Waals surface area contributed by atoms with Crippen LogP contribution in [0.3, 0.4) is 0 Å². The van der Waals surface area contributed by atoms with Crippen molar-refractivity contribution in [2.75, 3.05) is 13.7 Å². The average molecular weight is 329 g/mol. The maximum absolute atomic E-state index is 11.9. The van der Waals surface area contributed by atoms with Gasteiger partial charge in [-0.3, -0.25) is 9.69 Å². The topological polar surface area (TPSA) is 80.0 Å². The van der Waals surface area contributed by atoms with E-state index < -0.39 is 18.0 Å². The van der Waals surface area contributed by atoms with E-state index in [2.05, 4.69) is 0 Å². The zero-order valence-corrected chi connectivity index (χ0v) is 13.4. The molecule has 126 valence electrons. The van der Waals surface area contributed by atoms with Crippen LogP contribution in [0.4, 0.5) is 0 Å². The molecule has 1 unspecified atom stereocenters. The highest BCUT2D eigenvalue weighted by molar-refractivity contribution is 5.96. The highest BCUT2D eigenvalue weighted by Gasteiger charge is 2.31. The van der Waals surface area contributed by atoms with Crippen molar-refractivity contribution in [3.8, 4) is 11.3 Å². The molecule has 24 heavy (non-hydrogen) atoms. The van der Waals surface area contributed by atoms with Crippen molar-refractivity contribution < 1.29 is 23.8 Å². The van der Waals surface area contributed by atoms with Gasteiger partial charge in [0.2, 0.25) is 0 Å². The first kappa shape index (κ1) is 16.3. The number of furan rings is 1. The summed E-state index contributed by atoms with van der Waals surface area (Å²) in [6.45, 7) is 1.18. The summed E-state index contributed by atoms with van der Waals surface area (Å²) in [4.78, 5) is 25.0. The highest BCUT2D eigenvalue weighted by atomic mass is 16.5. The number of carbonyl (C=O) groups is 2. The molecule has 0 aliphatic carbocycles. The minimum absolute atomic E-state index is 0.422. The molecule has 0 bridgehead atoms. The molecule has 1 fully saturated rings. The Hall–Kier alpha value is -2.60. The Kier molecular flexibility index (Phi) is 4.66. The molecule has 0 radical (unpaired) electrons. The quantitative estimate of drug-likeness (QED) is 0.850. The van der Waals surface area contributed by atoms with E-state index in [4.69, 9.17) is 9.15 Å². The Morgan fingerprint density at radius 2 is 2.08 bits per heavy atom. The Labute approximate surface area is 139 Å². The van der Waals surface area contributed by atoms with Crippen LogP contribution in [0.25, 0.3) is 11.3 Å². The van der Waals surface area contributed by atoms with Crippen molar-refractivity contribution in [1.29, 1.82) is 0 Å². The smallest absolute Gasteiger partial charge is 0.338 e. The number of carbonyl (C=O) groups excluding carboxylic acids is 1. The SMILES string of the molecule is COC(=O)c1ccccc1-c1ccc(CN2CCCC2C(=O)O)o1. The van der Waals surface area contributed by atoms with Crippen molar-refractivity contribution >= 4 is 11.9 Å². The molecule has 1 N–H and O–H groups in total. The van der Waals surface area contributed by atoms with E-state index in [0.29, 0.717) is 35.6 Å². The summed E-state index contributed by atoms with van der Waals surface area (Å²) in [7, 11) is 1.34. The summed E-state index contributed by atoms with van der Waals surface area (Å²) in [5.74, 6) is 0.0271. The van der Waals surface area contributed by atoms with Crippen LogP contribution < -0.4 is 0 Å². The van der Waals surface area contributed by atoms with Crippen LogP contribution in [0.15, 0.2) is 40.8 Å². The molecule has 2 aromatic rings. The van der Waals surface area contributed by atoms with Crippen LogP contribution >= 0.6 is 0 Å². The lowest BCUT2D eigenvalue weighted by Gasteiger charge is -2.19. The number of carboxylic acid groups (broad SMARTS) is 1. The molecule has 2 heterocycles. The average Bonchev–Trinajstić information content (AvgIpc) is 3.24. The summed E-state index contributed by atoms with van der Waals surface area (Å²) >= 11 is 0. The number of rotatable bonds is 5. The van der Waals surface area contributed by atoms with Gasteiger partial charge in [-0.25, -0.2) is 4.79 Å². The first-order valence-electron chi connectivity index (χ1n) is 7.83. The fourth-order valence-electron chi connectivity index (χ4n) is 3.09. The second-order valence-corrected chi connectivity index (χ2v) is 5.77. The Morgan fingerprint density at radius 3 is 2.83 bits per heavy atom. The number of hydrogen-bond donors (Lipinski definition) is 1. The lowest BCUT2D eigenvalue weighted by Crippen LogP contribution is -2.35. The summed E-state index contributed by atoms with van der Waals surface area (Å²) in [5.41, 5.74) is 1.09. The first-order chi connectivity index (χ1) is 11.6. The van der Waals surface area contributed by atoms with Crippen molar-refractivity contribution in [2.45, 2.75) is 25.4 Å². The first-order valence-corrected chi connectivity index (χ1v) is 7.83. The highest BCUT2D eigenvalue weighted by Crippen LogP contribution is 2.28. The Bertz CT molecular complexity index is 751. The monoisotopic (exact) mass is 329 g/mol. The molecule has 1 aliphatic heterocycles. The van der Waals surface area contributed by atoms with Gasteiger partial charge in [-0.1, -0.05) is 18.2 Å². The van der Waals surface area contributed by atoms with Crippen LogP contribution in [0.2, 0.25) is 0 Å². The number of benzene rings is 1. The van der Waals surface area contributed by atoms with E-state index in [-0.39, 0.29) is 0 Å². The van der Waals surface area contributed by atoms with Crippen LogP contribution in [-0.4, -0.2) is 41.6 Å². The molecule has 1 aromatic heterocycles. The molecule has 3 rings (SSSR count). The zero-order valence-electron chi connectivity index (χ0n) is 13.4. The van der Waals surface area contributed by atoms with Gasteiger partial charge < -0.3 is 14.3 Å². The lowest BCUT2D eigenvalue weighted by atomic mass is 10.1. The fourth-order valence-corrected chi connectivity index (χ4v) is 3.09. The van der Waals surface area contributed by atoms with Gasteiger partial charge in [0.05, 0.1) is 19.2 Å². The van der Waals surface area contributed by atoms with Gasteiger partial charge in [-0.15, -0.1) is 0 Å². The van der Waals surface area contributed by atoms with Gasteiger partial charge in [-0.2, -0.15) is 0 Å². The van der Waals surface area contributed by atoms with Gasteiger partial charge in [-0.05, 0) is 37.6 Å². The number of hydrogen-bond acceptors (Lipinski definition) is 5. The Morgan fingerprint density at radius 1 is 1.29 bits per heavy atom. The van der Waals surface area contributed by atoms with Crippen LogP contribution in [-0.2, 0) is 16.1 Å². The summed E-state index contributed by atoms with van der Waals surface area (Å²) in [5, 5.41) is 9.25. The number of aliphatic carboxylic acids is 1. The third-order valence-corrected chi connectivity index (χ3v) is 4.27. The molecule has 1 aliphatic rings. The molecule has 0 saturated carbocycles. The van der Waals surface area contributed by atoms with E-state index in [1.807, 2.05) is 17.0 Å². The lowest BCUT2D eigenvalue weighted by molar-refractivity contribution is -0.142. The molecule has 1 saturated heterocycles. The number of carboxylic acids is 1. The van der Waals surface area contributed by atoms with Gasteiger partial charge in [0.25, 0.3) is 0 Å². The van der Waals surface area contributed by atoms with Crippen molar-refractivity contribution in [3.05, 3.63) is 47.7 Å². The molecular weight excluding hydrogens is 310 g/mol. The normalized spacial score (nSPS) is 17.8. The minimum Gasteiger partial charge on any atom is -0.480 e. The number of methoxy groups -OCH3 is 1. The molecule has 6 heteroatoms. The molecular formula is C18H19NO5. The van der Waals surface area contributed by atoms with Gasteiger partial charge in [0.1, 0.15) is 17.6 Å². The number of ether oxygens (including phenoxy) is 1. The number of nitrogens with zero attached hydrogens (tertiary/aromatic N) is 1. The summed E-state index contributed by atoms with van der Waals surface area (Å²) in [6, 6.07) is 10.2. The number of likely N-dealkylation sites (tertiary alicyclic amines) is 1.